The molecule has 100 valence electrons. The van der Waals surface area contributed by atoms with Crippen molar-refractivity contribution in [2.24, 2.45) is 7.05 Å². The van der Waals surface area contributed by atoms with E-state index in [1.807, 2.05) is 7.05 Å². The zero-order valence-electron chi connectivity index (χ0n) is 10.8. The summed E-state index contributed by atoms with van der Waals surface area (Å²) < 4.78 is 13.3. The Bertz CT molecular complexity index is 389. The van der Waals surface area contributed by atoms with Crippen LogP contribution in [-0.2, 0) is 16.5 Å². The van der Waals surface area contributed by atoms with E-state index in [1.165, 1.54) is 6.42 Å². The quantitative estimate of drug-likeness (QED) is 0.801. The van der Waals surface area contributed by atoms with E-state index in [4.69, 9.17) is 9.47 Å². The maximum atomic E-state index is 5.98. The molecule has 0 bridgehead atoms. The van der Waals surface area contributed by atoms with Crippen molar-refractivity contribution in [1.82, 2.24) is 14.8 Å². The predicted molar refractivity (Wildman–Crippen MR) is 66.3 cm³/mol. The Hall–Kier alpha value is -1.14. The van der Waals surface area contributed by atoms with Gasteiger partial charge in [0.1, 0.15) is 6.33 Å². The number of ether oxygens (including phenoxy) is 2. The van der Waals surface area contributed by atoms with Gasteiger partial charge in [-0.25, -0.2) is 4.98 Å². The molecule has 18 heavy (non-hydrogen) atoms. The average molecular weight is 252 g/mol. The van der Waals surface area contributed by atoms with Crippen molar-refractivity contribution in [3.8, 4) is 0 Å². The lowest BCUT2D eigenvalue weighted by atomic mass is 10.2. The number of hydrogen-bond donors (Lipinski definition) is 0. The molecule has 0 aromatic carbocycles. The minimum atomic E-state index is 0.000363. The van der Waals surface area contributed by atoms with Gasteiger partial charge in [0, 0.05) is 26.7 Å². The summed E-state index contributed by atoms with van der Waals surface area (Å²) in [5, 5.41) is 4.32. The molecule has 0 spiro atoms. The summed E-state index contributed by atoms with van der Waals surface area (Å²) in [6.07, 6.45) is 6.40. The molecule has 0 aliphatic carbocycles. The van der Waals surface area contributed by atoms with Gasteiger partial charge in [0.25, 0.3) is 0 Å². The van der Waals surface area contributed by atoms with Crippen LogP contribution in [0.4, 0.5) is 5.95 Å². The smallest absolute Gasteiger partial charge is 0.244 e. The molecular weight excluding hydrogens is 232 g/mol. The minimum Gasteiger partial charge on any atom is -0.353 e. The summed E-state index contributed by atoms with van der Waals surface area (Å²) >= 11 is 0. The Kier molecular flexibility index (Phi) is 3.47. The van der Waals surface area contributed by atoms with Gasteiger partial charge in [0.05, 0.1) is 6.10 Å². The summed E-state index contributed by atoms with van der Waals surface area (Å²) in [5.41, 5.74) is 0. The monoisotopic (exact) mass is 252 g/mol. The molecule has 3 heterocycles. The fourth-order valence-electron chi connectivity index (χ4n) is 2.53. The lowest BCUT2D eigenvalue weighted by molar-refractivity contribution is -0.183. The van der Waals surface area contributed by atoms with Gasteiger partial charge in [0.2, 0.25) is 5.95 Å². The number of aryl methyl sites for hydroxylation is 1. The van der Waals surface area contributed by atoms with Crippen molar-refractivity contribution >= 4 is 5.95 Å². The lowest BCUT2D eigenvalue weighted by Gasteiger charge is -2.25. The highest BCUT2D eigenvalue weighted by Crippen LogP contribution is 2.22. The summed E-state index contributed by atoms with van der Waals surface area (Å²) in [7, 11) is 1.89. The highest BCUT2D eigenvalue weighted by Gasteiger charge is 2.28. The van der Waals surface area contributed by atoms with Crippen LogP contribution in [-0.4, -0.2) is 46.9 Å². The fourth-order valence-corrected chi connectivity index (χ4v) is 2.53. The first-order valence-corrected chi connectivity index (χ1v) is 6.69. The molecular formula is C12H20N4O2. The van der Waals surface area contributed by atoms with Crippen molar-refractivity contribution in [2.75, 3.05) is 24.6 Å². The van der Waals surface area contributed by atoms with E-state index in [9.17, 15) is 0 Å². The third-order valence-electron chi connectivity index (χ3n) is 3.50. The van der Waals surface area contributed by atoms with Crippen molar-refractivity contribution in [3.05, 3.63) is 6.33 Å². The molecule has 0 radical (unpaired) electrons. The second kappa shape index (κ2) is 5.24. The first kappa shape index (κ1) is 11.9. The van der Waals surface area contributed by atoms with Crippen LogP contribution in [0.2, 0.25) is 0 Å². The molecule has 2 saturated heterocycles. The van der Waals surface area contributed by atoms with Crippen LogP contribution < -0.4 is 4.90 Å². The third-order valence-corrected chi connectivity index (χ3v) is 3.50. The molecule has 6 heteroatoms. The van der Waals surface area contributed by atoms with Gasteiger partial charge in [-0.2, -0.15) is 0 Å². The maximum absolute atomic E-state index is 5.98. The van der Waals surface area contributed by atoms with Crippen molar-refractivity contribution < 1.29 is 9.47 Å². The number of nitrogens with zero attached hydrogens (tertiary/aromatic N) is 4. The van der Waals surface area contributed by atoms with Gasteiger partial charge in [-0.05, 0) is 25.7 Å². The zero-order chi connectivity index (χ0) is 12.4. The number of hydrogen-bond acceptors (Lipinski definition) is 5. The highest BCUT2D eigenvalue weighted by molar-refractivity contribution is 5.29. The van der Waals surface area contributed by atoms with E-state index in [2.05, 4.69) is 15.0 Å². The van der Waals surface area contributed by atoms with Crippen LogP contribution in [0.1, 0.15) is 25.7 Å². The molecule has 1 aromatic rings. The van der Waals surface area contributed by atoms with E-state index in [1.54, 1.807) is 11.0 Å². The standard InChI is InChI=1S/C12H20N4O2/c1-15-9-13-12(14-15)16-6-5-10(8-16)18-11-4-2-3-7-17-11/h9-11H,2-8H2,1H3. The van der Waals surface area contributed by atoms with Crippen LogP contribution >= 0.6 is 0 Å². The fraction of sp³-hybridized carbons (Fsp3) is 0.833. The average Bonchev–Trinajstić information content (AvgIpc) is 2.99. The van der Waals surface area contributed by atoms with E-state index < -0.39 is 0 Å². The van der Waals surface area contributed by atoms with Gasteiger partial charge in [-0.3, -0.25) is 4.68 Å². The summed E-state index contributed by atoms with van der Waals surface area (Å²) in [6.45, 7) is 2.66. The first-order chi connectivity index (χ1) is 8.81. The molecule has 3 rings (SSSR count). The third kappa shape index (κ3) is 2.64. The van der Waals surface area contributed by atoms with Crippen LogP contribution in [0.25, 0.3) is 0 Å². The summed E-state index contributed by atoms with van der Waals surface area (Å²) in [6, 6.07) is 0. The van der Waals surface area contributed by atoms with E-state index in [-0.39, 0.29) is 12.4 Å². The second-order valence-corrected chi connectivity index (χ2v) is 5.01. The Balaban J connectivity index is 1.51. The number of anilines is 1. The molecule has 2 aliphatic heterocycles. The van der Waals surface area contributed by atoms with Gasteiger partial charge < -0.3 is 14.4 Å². The van der Waals surface area contributed by atoms with E-state index in [0.29, 0.717) is 0 Å². The largest absolute Gasteiger partial charge is 0.353 e. The topological polar surface area (TPSA) is 52.4 Å². The maximum Gasteiger partial charge on any atom is 0.244 e. The Morgan fingerprint density at radius 2 is 2.33 bits per heavy atom. The van der Waals surface area contributed by atoms with Crippen LogP contribution in [0.15, 0.2) is 6.33 Å². The zero-order valence-corrected chi connectivity index (χ0v) is 10.8. The summed E-state index contributed by atoms with van der Waals surface area (Å²) in [5.74, 6) is 0.799. The molecule has 0 N–H and O–H groups in total. The highest BCUT2D eigenvalue weighted by atomic mass is 16.7. The molecule has 2 fully saturated rings. The normalized spacial score (nSPS) is 28.8. The molecule has 1 aromatic heterocycles. The van der Waals surface area contributed by atoms with E-state index >= 15 is 0 Å². The first-order valence-electron chi connectivity index (χ1n) is 6.69. The van der Waals surface area contributed by atoms with Crippen LogP contribution in [0.3, 0.4) is 0 Å². The van der Waals surface area contributed by atoms with Crippen LogP contribution in [0.5, 0.6) is 0 Å². The summed E-state index contributed by atoms with van der Waals surface area (Å²) in [4.78, 5) is 6.44. The predicted octanol–water partition coefficient (Wildman–Crippen LogP) is 0.937. The molecule has 2 atom stereocenters. The SMILES string of the molecule is Cn1cnc(N2CCC(OC3CCCCO3)C2)n1. The minimum absolute atomic E-state index is 0.000363. The van der Waals surface area contributed by atoms with Crippen molar-refractivity contribution in [2.45, 2.75) is 38.1 Å². The lowest BCUT2D eigenvalue weighted by Crippen LogP contribution is -2.30. The van der Waals surface area contributed by atoms with Gasteiger partial charge in [0.15, 0.2) is 6.29 Å². The van der Waals surface area contributed by atoms with Gasteiger partial charge in [-0.15, -0.1) is 5.10 Å². The van der Waals surface area contributed by atoms with Crippen molar-refractivity contribution in [3.63, 3.8) is 0 Å². The number of aromatic nitrogens is 3. The second-order valence-electron chi connectivity index (χ2n) is 5.01. The Morgan fingerprint density at radius 3 is 3.06 bits per heavy atom. The van der Waals surface area contributed by atoms with Gasteiger partial charge >= 0.3 is 0 Å². The van der Waals surface area contributed by atoms with Gasteiger partial charge in [-0.1, -0.05) is 0 Å². The molecule has 0 saturated carbocycles. The Labute approximate surface area is 107 Å². The molecule has 0 amide bonds. The molecule has 2 unspecified atom stereocenters. The van der Waals surface area contributed by atoms with E-state index in [0.717, 1.165) is 44.9 Å². The van der Waals surface area contributed by atoms with Crippen molar-refractivity contribution in [1.29, 1.82) is 0 Å². The van der Waals surface area contributed by atoms with Crippen LogP contribution in [0, 0.1) is 0 Å². The molecule has 2 aliphatic rings. The molecule has 6 nitrogen and oxygen atoms in total. The Morgan fingerprint density at radius 1 is 1.39 bits per heavy atom. The number of rotatable bonds is 3.